The first-order chi connectivity index (χ1) is 4.72. The molecule has 0 aromatic carbocycles. The van der Waals surface area contributed by atoms with Crippen LogP contribution in [-0.2, 0) is 0 Å². The largest absolute Gasteiger partial charge is 0.233 e. The van der Waals surface area contributed by atoms with Gasteiger partial charge in [0.15, 0.2) is 0 Å². The number of aromatic nitrogens is 2. The minimum atomic E-state index is 0.116. The van der Waals surface area contributed by atoms with Crippen LogP contribution in [0.4, 0.5) is 0 Å². The summed E-state index contributed by atoms with van der Waals surface area (Å²) in [7, 11) is 0. The number of hydrogen-bond donors (Lipinski definition) is 0. The number of aryl methyl sites for hydroxylation is 1. The minimum absolute atomic E-state index is 0.116. The summed E-state index contributed by atoms with van der Waals surface area (Å²) >= 11 is 5.53. The lowest BCUT2D eigenvalue weighted by Gasteiger charge is -1.91. The SMILES string of the molecule is Cc1cc(Cl)nc(C#N)n1. The molecular weight excluding hydrogens is 150 g/mol. The molecule has 50 valence electrons. The van der Waals surface area contributed by atoms with Crippen molar-refractivity contribution in [1.29, 1.82) is 5.26 Å². The van der Waals surface area contributed by atoms with Gasteiger partial charge in [0.05, 0.1) is 0 Å². The molecule has 0 spiro atoms. The van der Waals surface area contributed by atoms with E-state index in [1.807, 2.05) is 0 Å². The summed E-state index contributed by atoms with van der Waals surface area (Å²) in [6.45, 7) is 1.76. The molecule has 0 saturated carbocycles. The minimum Gasteiger partial charge on any atom is -0.224 e. The molecule has 0 N–H and O–H groups in total. The summed E-state index contributed by atoms with van der Waals surface area (Å²) in [6, 6.07) is 3.40. The first-order valence-corrected chi connectivity index (χ1v) is 3.01. The van der Waals surface area contributed by atoms with Gasteiger partial charge >= 0.3 is 0 Å². The van der Waals surface area contributed by atoms with Crippen LogP contribution >= 0.6 is 11.6 Å². The van der Waals surface area contributed by atoms with Crippen molar-refractivity contribution in [3.05, 3.63) is 22.7 Å². The molecule has 0 radical (unpaired) electrons. The fourth-order valence-corrected chi connectivity index (χ4v) is 0.818. The van der Waals surface area contributed by atoms with Crippen molar-refractivity contribution in [3.8, 4) is 6.07 Å². The molecule has 4 heteroatoms. The van der Waals surface area contributed by atoms with Crippen LogP contribution in [0.25, 0.3) is 0 Å². The molecule has 0 bridgehead atoms. The van der Waals surface area contributed by atoms with Crippen LogP contribution in [0, 0.1) is 18.3 Å². The standard InChI is InChI=1S/C6H4ClN3/c1-4-2-5(7)10-6(3-8)9-4/h2H,1H3. The third-order valence-electron chi connectivity index (χ3n) is 0.923. The van der Waals surface area contributed by atoms with Gasteiger partial charge in [-0.2, -0.15) is 5.26 Å². The lowest BCUT2D eigenvalue weighted by Crippen LogP contribution is -1.90. The number of rotatable bonds is 0. The Morgan fingerprint density at radius 3 is 2.80 bits per heavy atom. The smallest absolute Gasteiger partial charge is 0.224 e. The van der Waals surface area contributed by atoms with Crippen LogP contribution in [0.1, 0.15) is 11.5 Å². The topological polar surface area (TPSA) is 49.6 Å². The van der Waals surface area contributed by atoms with E-state index < -0.39 is 0 Å². The molecule has 0 saturated heterocycles. The third kappa shape index (κ3) is 1.42. The molecule has 3 nitrogen and oxygen atoms in total. The highest BCUT2D eigenvalue weighted by Gasteiger charge is 1.96. The van der Waals surface area contributed by atoms with E-state index >= 15 is 0 Å². The predicted octanol–water partition coefficient (Wildman–Crippen LogP) is 1.31. The van der Waals surface area contributed by atoms with E-state index in [1.165, 1.54) is 0 Å². The van der Waals surface area contributed by atoms with Crippen LogP contribution in [0.15, 0.2) is 6.07 Å². The van der Waals surface area contributed by atoms with E-state index in [9.17, 15) is 0 Å². The Labute approximate surface area is 63.3 Å². The molecule has 0 unspecified atom stereocenters. The summed E-state index contributed by atoms with van der Waals surface area (Å²) in [5.74, 6) is 0.116. The molecule has 1 rings (SSSR count). The van der Waals surface area contributed by atoms with Crippen LogP contribution in [0.5, 0.6) is 0 Å². The number of nitriles is 1. The van der Waals surface area contributed by atoms with Crippen LogP contribution in [0.2, 0.25) is 5.15 Å². The highest BCUT2D eigenvalue weighted by Crippen LogP contribution is 2.04. The van der Waals surface area contributed by atoms with Crippen LogP contribution < -0.4 is 0 Å². The predicted molar refractivity (Wildman–Crippen MR) is 36.5 cm³/mol. The Bertz CT molecular complexity index is 269. The molecule has 1 aromatic rings. The Kier molecular flexibility index (Phi) is 1.83. The van der Waals surface area contributed by atoms with Crippen molar-refractivity contribution in [3.63, 3.8) is 0 Å². The average molecular weight is 154 g/mol. The molecule has 0 amide bonds. The lowest BCUT2D eigenvalue weighted by molar-refractivity contribution is 1.06. The van der Waals surface area contributed by atoms with E-state index in [-0.39, 0.29) is 5.82 Å². The van der Waals surface area contributed by atoms with E-state index in [0.29, 0.717) is 10.8 Å². The Morgan fingerprint density at radius 2 is 2.30 bits per heavy atom. The second-order valence-electron chi connectivity index (χ2n) is 1.77. The summed E-state index contributed by atoms with van der Waals surface area (Å²) in [5.41, 5.74) is 0.705. The number of nitrogens with zero attached hydrogens (tertiary/aromatic N) is 3. The van der Waals surface area contributed by atoms with E-state index in [2.05, 4.69) is 9.97 Å². The zero-order chi connectivity index (χ0) is 7.56. The Balaban J connectivity index is 3.22. The van der Waals surface area contributed by atoms with Crippen LogP contribution in [-0.4, -0.2) is 9.97 Å². The quantitative estimate of drug-likeness (QED) is 0.528. The molecule has 1 aromatic heterocycles. The van der Waals surface area contributed by atoms with Crippen molar-refractivity contribution < 1.29 is 0 Å². The summed E-state index contributed by atoms with van der Waals surface area (Å²) in [4.78, 5) is 7.44. The molecule has 10 heavy (non-hydrogen) atoms. The molecule has 0 aliphatic rings. The highest BCUT2D eigenvalue weighted by molar-refractivity contribution is 6.29. The van der Waals surface area contributed by atoms with Gasteiger partial charge in [0.2, 0.25) is 5.82 Å². The van der Waals surface area contributed by atoms with Crippen molar-refractivity contribution in [2.24, 2.45) is 0 Å². The molecule has 1 heterocycles. The first kappa shape index (κ1) is 6.97. The third-order valence-corrected chi connectivity index (χ3v) is 1.12. The van der Waals surface area contributed by atoms with Gasteiger partial charge in [-0.25, -0.2) is 9.97 Å². The summed E-state index contributed by atoms with van der Waals surface area (Å²) in [6.07, 6.45) is 0. The maximum absolute atomic E-state index is 8.35. The van der Waals surface area contributed by atoms with Crippen molar-refractivity contribution in [2.75, 3.05) is 0 Å². The second-order valence-corrected chi connectivity index (χ2v) is 2.15. The summed E-state index contributed by atoms with van der Waals surface area (Å²) in [5, 5.41) is 8.66. The zero-order valence-corrected chi connectivity index (χ0v) is 6.05. The van der Waals surface area contributed by atoms with Crippen LogP contribution in [0.3, 0.4) is 0 Å². The Hall–Kier alpha value is -1.14. The second kappa shape index (κ2) is 2.63. The maximum Gasteiger partial charge on any atom is 0.233 e. The van der Waals surface area contributed by atoms with Gasteiger partial charge in [-0.3, -0.25) is 0 Å². The molecule has 0 atom stereocenters. The van der Waals surface area contributed by atoms with E-state index in [4.69, 9.17) is 16.9 Å². The molecule has 0 fully saturated rings. The maximum atomic E-state index is 8.35. The van der Waals surface area contributed by atoms with E-state index in [0.717, 1.165) is 0 Å². The fraction of sp³-hybridized carbons (Fsp3) is 0.167. The van der Waals surface area contributed by atoms with Gasteiger partial charge in [0.25, 0.3) is 0 Å². The number of halogens is 1. The normalized spacial score (nSPS) is 8.90. The van der Waals surface area contributed by atoms with Crippen molar-refractivity contribution in [2.45, 2.75) is 6.92 Å². The van der Waals surface area contributed by atoms with Gasteiger partial charge in [0.1, 0.15) is 11.2 Å². The summed E-state index contributed by atoms with van der Waals surface area (Å²) < 4.78 is 0. The van der Waals surface area contributed by atoms with Crippen molar-refractivity contribution in [1.82, 2.24) is 9.97 Å². The monoisotopic (exact) mass is 153 g/mol. The van der Waals surface area contributed by atoms with Gasteiger partial charge in [0, 0.05) is 5.69 Å². The average Bonchev–Trinajstić information content (AvgIpc) is 1.85. The van der Waals surface area contributed by atoms with Gasteiger partial charge in [-0.1, -0.05) is 11.6 Å². The first-order valence-electron chi connectivity index (χ1n) is 2.63. The Morgan fingerprint density at radius 1 is 1.60 bits per heavy atom. The molecular formula is C6H4ClN3. The van der Waals surface area contributed by atoms with E-state index in [1.54, 1.807) is 19.1 Å². The van der Waals surface area contributed by atoms with Gasteiger partial charge < -0.3 is 0 Å². The molecule has 0 aliphatic carbocycles. The fourth-order valence-electron chi connectivity index (χ4n) is 0.580. The van der Waals surface area contributed by atoms with Gasteiger partial charge in [-0.15, -0.1) is 0 Å². The number of hydrogen-bond acceptors (Lipinski definition) is 3. The molecule has 0 aliphatic heterocycles. The van der Waals surface area contributed by atoms with Crippen molar-refractivity contribution >= 4 is 11.6 Å². The lowest BCUT2D eigenvalue weighted by atomic mass is 10.4. The highest BCUT2D eigenvalue weighted by atomic mass is 35.5. The zero-order valence-electron chi connectivity index (χ0n) is 5.30. The van der Waals surface area contributed by atoms with Gasteiger partial charge in [-0.05, 0) is 13.0 Å².